The van der Waals surface area contributed by atoms with Crippen molar-refractivity contribution in [1.82, 2.24) is 9.97 Å². The number of hydrogen-bond acceptors (Lipinski definition) is 4. The molecule has 0 saturated carbocycles. The zero-order valence-corrected chi connectivity index (χ0v) is 11.3. The molecule has 0 aliphatic carbocycles. The molecule has 0 atom stereocenters. The third kappa shape index (κ3) is 2.54. The first-order chi connectivity index (χ1) is 9.72. The molecule has 0 bridgehead atoms. The molecule has 0 saturated heterocycles. The van der Waals surface area contributed by atoms with Gasteiger partial charge in [-0.1, -0.05) is 0 Å². The van der Waals surface area contributed by atoms with E-state index in [9.17, 15) is 0 Å². The van der Waals surface area contributed by atoms with E-state index >= 15 is 0 Å². The molecular formula is C16H16N4. The average molecular weight is 264 g/mol. The van der Waals surface area contributed by atoms with E-state index in [1.165, 1.54) is 5.56 Å². The van der Waals surface area contributed by atoms with Crippen LogP contribution in [0.2, 0.25) is 0 Å². The number of benzene rings is 1. The number of fused-ring (bicyclic) bond motifs is 1. The molecular weight excluding hydrogens is 248 g/mol. The molecule has 4 nitrogen and oxygen atoms in total. The van der Waals surface area contributed by atoms with E-state index in [1.807, 2.05) is 43.3 Å². The highest BCUT2D eigenvalue weighted by Gasteiger charge is 2.04. The van der Waals surface area contributed by atoms with Crippen LogP contribution in [0.15, 0.2) is 48.8 Å². The first-order valence-electron chi connectivity index (χ1n) is 6.52. The Morgan fingerprint density at radius 3 is 2.70 bits per heavy atom. The minimum atomic E-state index is 0.745. The molecule has 0 radical (unpaired) electrons. The van der Waals surface area contributed by atoms with Crippen LogP contribution in [0.25, 0.3) is 10.9 Å². The summed E-state index contributed by atoms with van der Waals surface area (Å²) in [7, 11) is 0. The maximum atomic E-state index is 5.87. The molecule has 0 unspecified atom stereocenters. The third-order valence-corrected chi connectivity index (χ3v) is 3.19. The quantitative estimate of drug-likeness (QED) is 0.713. The summed E-state index contributed by atoms with van der Waals surface area (Å²) in [5.41, 5.74) is 10.8. The van der Waals surface area contributed by atoms with Crippen molar-refractivity contribution in [1.29, 1.82) is 0 Å². The van der Waals surface area contributed by atoms with Crippen LogP contribution in [-0.4, -0.2) is 9.97 Å². The molecule has 0 amide bonds. The van der Waals surface area contributed by atoms with Gasteiger partial charge in [0.25, 0.3) is 0 Å². The molecule has 2 aromatic heterocycles. The van der Waals surface area contributed by atoms with Gasteiger partial charge < -0.3 is 11.1 Å². The normalized spacial score (nSPS) is 10.7. The lowest BCUT2D eigenvalue weighted by Crippen LogP contribution is -2.01. The lowest BCUT2D eigenvalue weighted by Gasteiger charge is -2.11. The zero-order valence-electron chi connectivity index (χ0n) is 11.3. The van der Waals surface area contributed by atoms with Crippen LogP contribution in [0.4, 0.5) is 11.4 Å². The second kappa shape index (κ2) is 5.17. The smallest absolute Gasteiger partial charge is 0.0727 e. The Hall–Kier alpha value is -2.62. The van der Waals surface area contributed by atoms with Crippen LogP contribution in [0.3, 0.4) is 0 Å². The number of aromatic nitrogens is 2. The first kappa shape index (κ1) is 12.4. The largest absolute Gasteiger partial charge is 0.399 e. The van der Waals surface area contributed by atoms with Gasteiger partial charge in [0, 0.05) is 41.4 Å². The summed E-state index contributed by atoms with van der Waals surface area (Å²) in [6.07, 6.45) is 3.59. The summed E-state index contributed by atoms with van der Waals surface area (Å²) < 4.78 is 0. The van der Waals surface area contributed by atoms with Crippen LogP contribution in [-0.2, 0) is 6.54 Å². The van der Waals surface area contributed by atoms with Crippen molar-refractivity contribution in [3.8, 4) is 0 Å². The van der Waals surface area contributed by atoms with Crippen molar-refractivity contribution in [3.05, 3.63) is 60.0 Å². The summed E-state index contributed by atoms with van der Waals surface area (Å²) in [5.74, 6) is 0. The Labute approximate surface area is 117 Å². The van der Waals surface area contributed by atoms with Gasteiger partial charge in [-0.05, 0) is 48.9 Å². The highest BCUT2D eigenvalue weighted by atomic mass is 14.9. The molecule has 2 heterocycles. The predicted molar refractivity (Wildman–Crippen MR) is 82.5 cm³/mol. The first-order valence-corrected chi connectivity index (χ1v) is 6.52. The highest BCUT2D eigenvalue weighted by molar-refractivity contribution is 5.93. The Morgan fingerprint density at radius 2 is 1.90 bits per heavy atom. The molecule has 3 aromatic rings. The minimum absolute atomic E-state index is 0.745. The Kier molecular flexibility index (Phi) is 3.21. The zero-order chi connectivity index (χ0) is 13.9. The molecule has 0 aliphatic heterocycles. The van der Waals surface area contributed by atoms with Gasteiger partial charge in [0.2, 0.25) is 0 Å². The summed E-state index contributed by atoms with van der Waals surface area (Å²) in [4.78, 5) is 8.55. The standard InChI is InChI=1S/C16H16N4/c1-11-8-16(19-10-12-4-6-18-7-5-12)14-9-13(17)2-3-15(14)20-11/h2-9H,10,17H2,1H3,(H,19,20). The van der Waals surface area contributed by atoms with Crippen LogP contribution >= 0.6 is 0 Å². The van der Waals surface area contributed by atoms with Gasteiger partial charge in [-0.3, -0.25) is 9.97 Å². The number of hydrogen-bond donors (Lipinski definition) is 2. The lowest BCUT2D eigenvalue weighted by molar-refractivity contribution is 1.12. The van der Waals surface area contributed by atoms with Gasteiger partial charge in [0.05, 0.1) is 5.52 Å². The van der Waals surface area contributed by atoms with Crippen LogP contribution in [0.1, 0.15) is 11.3 Å². The minimum Gasteiger partial charge on any atom is -0.399 e. The van der Waals surface area contributed by atoms with Crippen molar-refractivity contribution in [3.63, 3.8) is 0 Å². The van der Waals surface area contributed by atoms with Crippen molar-refractivity contribution >= 4 is 22.3 Å². The number of nitrogens with two attached hydrogens (primary N) is 1. The molecule has 3 N–H and O–H groups in total. The van der Waals surface area contributed by atoms with Gasteiger partial charge in [-0.2, -0.15) is 0 Å². The van der Waals surface area contributed by atoms with Gasteiger partial charge in [-0.15, -0.1) is 0 Å². The molecule has 20 heavy (non-hydrogen) atoms. The maximum Gasteiger partial charge on any atom is 0.0727 e. The van der Waals surface area contributed by atoms with Crippen molar-refractivity contribution in [2.24, 2.45) is 0 Å². The molecule has 0 spiro atoms. The number of aryl methyl sites for hydroxylation is 1. The molecule has 0 aliphatic rings. The monoisotopic (exact) mass is 264 g/mol. The summed E-state index contributed by atoms with van der Waals surface area (Å²) >= 11 is 0. The Morgan fingerprint density at radius 1 is 1.10 bits per heavy atom. The number of nitrogen functional groups attached to an aromatic ring is 1. The van der Waals surface area contributed by atoms with E-state index < -0.39 is 0 Å². The van der Waals surface area contributed by atoms with Crippen LogP contribution in [0.5, 0.6) is 0 Å². The number of pyridine rings is 2. The van der Waals surface area contributed by atoms with Gasteiger partial charge >= 0.3 is 0 Å². The lowest BCUT2D eigenvalue weighted by atomic mass is 10.1. The summed E-state index contributed by atoms with van der Waals surface area (Å²) in [6.45, 7) is 2.74. The van der Waals surface area contributed by atoms with Crippen molar-refractivity contribution < 1.29 is 0 Å². The fraction of sp³-hybridized carbons (Fsp3) is 0.125. The van der Waals surface area contributed by atoms with Gasteiger partial charge in [-0.25, -0.2) is 0 Å². The molecule has 1 aromatic carbocycles. The second-order valence-corrected chi connectivity index (χ2v) is 4.80. The van der Waals surface area contributed by atoms with Gasteiger partial charge in [0.1, 0.15) is 0 Å². The number of anilines is 2. The molecule has 3 rings (SSSR count). The van der Waals surface area contributed by atoms with E-state index in [0.29, 0.717) is 0 Å². The number of nitrogens with zero attached hydrogens (tertiary/aromatic N) is 2. The van der Waals surface area contributed by atoms with E-state index in [4.69, 9.17) is 5.73 Å². The SMILES string of the molecule is Cc1cc(NCc2ccncc2)c2cc(N)ccc2n1. The van der Waals surface area contributed by atoms with Crippen LogP contribution < -0.4 is 11.1 Å². The van der Waals surface area contributed by atoms with E-state index in [0.717, 1.165) is 34.5 Å². The predicted octanol–water partition coefficient (Wildman–Crippen LogP) is 3.13. The topological polar surface area (TPSA) is 63.8 Å². The number of rotatable bonds is 3. The number of nitrogens with one attached hydrogen (secondary N) is 1. The fourth-order valence-electron chi connectivity index (χ4n) is 2.22. The molecule has 4 heteroatoms. The van der Waals surface area contributed by atoms with E-state index in [-0.39, 0.29) is 0 Å². The average Bonchev–Trinajstić information content (AvgIpc) is 2.46. The van der Waals surface area contributed by atoms with E-state index in [1.54, 1.807) is 12.4 Å². The van der Waals surface area contributed by atoms with Gasteiger partial charge in [0.15, 0.2) is 0 Å². The summed E-state index contributed by atoms with van der Waals surface area (Å²) in [5, 5.41) is 4.49. The van der Waals surface area contributed by atoms with Crippen LogP contribution in [0, 0.1) is 6.92 Å². The van der Waals surface area contributed by atoms with E-state index in [2.05, 4.69) is 15.3 Å². The fourth-order valence-corrected chi connectivity index (χ4v) is 2.22. The Balaban J connectivity index is 1.96. The third-order valence-electron chi connectivity index (χ3n) is 3.19. The second-order valence-electron chi connectivity index (χ2n) is 4.80. The highest BCUT2D eigenvalue weighted by Crippen LogP contribution is 2.25. The Bertz CT molecular complexity index is 738. The van der Waals surface area contributed by atoms with Crippen molar-refractivity contribution in [2.75, 3.05) is 11.1 Å². The molecule has 100 valence electrons. The van der Waals surface area contributed by atoms with Crippen molar-refractivity contribution in [2.45, 2.75) is 13.5 Å². The maximum absolute atomic E-state index is 5.87. The summed E-state index contributed by atoms with van der Waals surface area (Å²) in [6, 6.07) is 11.8. The molecule has 0 fully saturated rings.